The van der Waals surface area contributed by atoms with E-state index in [2.05, 4.69) is 20.6 Å². The zero-order valence-electron chi connectivity index (χ0n) is 16.3. The number of nitrogens with zero attached hydrogens (tertiary/aromatic N) is 4. The topological polar surface area (TPSA) is 121 Å². The molecule has 0 spiro atoms. The Morgan fingerprint density at radius 1 is 1.09 bits per heavy atom. The van der Waals surface area contributed by atoms with Gasteiger partial charge in [0.2, 0.25) is 5.95 Å². The van der Waals surface area contributed by atoms with E-state index in [1.165, 1.54) is 23.1 Å². The number of hydrogen-bond donors (Lipinski definition) is 2. The minimum absolute atomic E-state index is 0.0288. The number of fused-ring (bicyclic) bond motifs is 1. The van der Waals surface area contributed by atoms with Crippen LogP contribution in [0.5, 0.6) is 5.75 Å². The highest BCUT2D eigenvalue weighted by atomic mass is 35.5. The summed E-state index contributed by atoms with van der Waals surface area (Å²) in [5, 5.41) is 24.4. The fourth-order valence-electron chi connectivity index (χ4n) is 3.16. The second-order valence-corrected chi connectivity index (χ2v) is 7.59. The predicted octanol–water partition coefficient (Wildman–Crippen LogP) is 3.97. The average molecular weight is 472 g/mol. The van der Waals surface area contributed by atoms with Crippen molar-refractivity contribution in [1.82, 2.24) is 20.6 Å². The Labute approximate surface area is 191 Å². The molecule has 1 aromatic heterocycles. The van der Waals surface area contributed by atoms with E-state index in [0.29, 0.717) is 15.8 Å². The van der Waals surface area contributed by atoms with Crippen LogP contribution in [0.4, 0.5) is 5.95 Å². The van der Waals surface area contributed by atoms with Crippen molar-refractivity contribution in [2.45, 2.75) is 6.54 Å². The third-order valence-corrected chi connectivity index (χ3v) is 5.12. The molecule has 2 N–H and O–H groups in total. The summed E-state index contributed by atoms with van der Waals surface area (Å²) in [5.74, 6) is -1.31. The number of tetrazole rings is 1. The number of halogens is 2. The van der Waals surface area contributed by atoms with Crippen LogP contribution in [0.3, 0.4) is 0 Å². The van der Waals surface area contributed by atoms with Gasteiger partial charge in [-0.25, -0.2) is 9.89 Å². The summed E-state index contributed by atoms with van der Waals surface area (Å²) < 4.78 is 5.74. The number of carboxylic acids is 1. The van der Waals surface area contributed by atoms with E-state index in [0.717, 1.165) is 5.56 Å². The molecule has 0 aliphatic heterocycles. The molecule has 3 aromatic carbocycles. The number of hydrogen-bond acceptors (Lipinski definition) is 6. The number of aromatic amines is 1. The molecule has 0 aliphatic rings. The van der Waals surface area contributed by atoms with E-state index < -0.39 is 18.5 Å². The Balaban J connectivity index is 1.64. The predicted molar refractivity (Wildman–Crippen MR) is 118 cm³/mol. The molecule has 4 rings (SSSR count). The molecular weight excluding hydrogens is 457 g/mol. The number of H-pyrrole nitrogens is 1. The number of aromatic carboxylic acids is 1. The van der Waals surface area contributed by atoms with Crippen molar-refractivity contribution < 1.29 is 19.4 Å². The highest BCUT2D eigenvalue weighted by Gasteiger charge is 2.21. The van der Waals surface area contributed by atoms with Crippen molar-refractivity contribution in [2.75, 3.05) is 11.5 Å². The molecular formula is C21H15Cl2N5O4. The van der Waals surface area contributed by atoms with E-state index in [1.807, 2.05) is 30.3 Å². The molecule has 11 heteroatoms. The first-order valence-corrected chi connectivity index (χ1v) is 10.0. The van der Waals surface area contributed by atoms with E-state index in [4.69, 9.17) is 27.9 Å². The largest absolute Gasteiger partial charge is 0.483 e. The molecule has 32 heavy (non-hydrogen) atoms. The molecule has 1 heterocycles. The fourth-order valence-corrected chi connectivity index (χ4v) is 3.76. The van der Waals surface area contributed by atoms with Crippen LogP contribution >= 0.6 is 23.2 Å². The Morgan fingerprint density at radius 2 is 1.88 bits per heavy atom. The molecule has 0 aliphatic carbocycles. The maximum absolute atomic E-state index is 13.0. The average Bonchev–Trinajstić information content (AvgIpc) is 3.30. The van der Waals surface area contributed by atoms with Crippen LogP contribution in [0.25, 0.3) is 10.8 Å². The lowest BCUT2D eigenvalue weighted by Gasteiger charge is -2.20. The highest BCUT2D eigenvalue weighted by Crippen LogP contribution is 2.36. The van der Waals surface area contributed by atoms with Crippen LogP contribution in [-0.2, 0) is 11.3 Å². The molecule has 1 amide bonds. The van der Waals surface area contributed by atoms with E-state index in [-0.39, 0.29) is 28.8 Å². The van der Waals surface area contributed by atoms with Crippen molar-refractivity contribution in [3.8, 4) is 5.75 Å². The van der Waals surface area contributed by atoms with Crippen LogP contribution in [0, 0.1) is 0 Å². The number of amides is 1. The number of anilines is 1. The number of carbonyl (C=O) groups excluding carboxylic acids is 1. The van der Waals surface area contributed by atoms with E-state index >= 15 is 0 Å². The Kier molecular flexibility index (Phi) is 6.20. The molecule has 0 saturated heterocycles. The maximum atomic E-state index is 13.0. The lowest BCUT2D eigenvalue weighted by molar-refractivity contribution is -0.120. The lowest BCUT2D eigenvalue weighted by Crippen LogP contribution is -2.35. The van der Waals surface area contributed by atoms with Crippen LogP contribution in [0.15, 0.2) is 54.6 Å². The molecule has 0 saturated carbocycles. The van der Waals surface area contributed by atoms with Crippen molar-refractivity contribution in [1.29, 1.82) is 0 Å². The Bertz CT molecular complexity index is 1280. The van der Waals surface area contributed by atoms with Crippen LogP contribution in [0.1, 0.15) is 15.9 Å². The number of carboxylic acid groups (broad SMARTS) is 1. The Morgan fingerprint density at radius 3 is 2.56 bits per heavy atom. The van der Waals surface area contributed by atoms with Gasteiger partial charge in [0.25, 0.3) is 5.91 Å². The zero-order valence-corrected chi connectivity index (χ0v) is 17.8. The summed E-state index contributed by atoms with van der Waals surface area (Å²) in [4.78, 5) is 25.9. The zero-order chi connectivity index (χ0) is 22.7. The monoisotopic (exact) mass is 471 g/mol. The third kappa shape index (κ3) is 4.63. The molecule has 0 radical (unpaired) electrons. The first-order valence-electron chi connectivity index (χ1n) is 9.29. The number of rotatable bonds is 7. The van der Waals surface area contributed by atoms with Gasteiger partial charge in [0, 0.05) is 10.4 Å². The van der Waals surface area contributed by atoms with Gasteiger partial charge in [0.1, 0.15) is 5.75 Å². The molecule has 162 valence electrons. The summed E-state index contributed by atoms with van der Waals surface area (Å²) in [6, 6.07) is 15.1. The van der Waals surface area contributed by atoms with Crippen LogP contribution in [0.2, 0.25) is 10.0 Å². The first-order chi connectivity index (χ1) is 15.4. The van der Waals surface area contributed by atoms with Gasteiger partial charge in [-0.1, -0.05) is 58.6 Å². The molecule has 0 atom stereocenters. The molecule has 0 unspecified atom stereocenters. The first kappa shape index (κ1) is 21.5. The molecule has 9 nitrogen and oxygen atoms in total. The van der Waals surface area contributed by atoms with Crippen molar-refractivity contribution in [3.05, 3.63) is 75.8 Å². The number of benzene rings is 3. The normalized spacial score (nSPS) is 10.8. The maximum Gasteiger partial charge on any atom is 0.335 e. The summed E-state index contributed by atoms with van der Waals surface area (Å²) in [5.41, 5.74) is 0.826. The lowest BCUT2D eigenvalue weighted by atomic mass is 10.1. The van der Waals surface area contributed by atoms with Gasteiger partial charge in [0.15, 0.2) is 6.61 Å². The summed E-state index contributed by atoms with van der Waals surface area (Å²) in [6.45, 7) is -0.211. The van der Waals surface area contributed by atoms with E-state index in [1.54, 1.807) is 6.07 Å². The minimum atomic E-state index is -1.15. The second-order valence-electron chi connectivity index (χ2n) is 6.74. The number of aromatic nitrogens is 4. The second kappa shape index (κ2) is 9.21. The SMILES string of the molecule is O=C(O)c1cc(OCC(=O)N(Cc2ccccc2)c2nnn[nH]2)c2c(Cl)cc(Cl)cc2c1. The molecule has 0 fully saturated rings. The number of carbonyl (C=O) groups is 2. The fraction of sp³-hybridized carbons (Fsp3) is 0.0952. The van der Waals surface area contributed by atoms with Gasteiger partial charge in [-0.2, -0.15) is 0 Å². The van der Waals surface area contributed by atoms with Gasteiger partial charge < -0.3 is 9.84 Å². The van der Waals surface area contributed by atoms with Crippen molar-refractivity contribution in [2.24, 2.45) is 0 Å². The highest BCUT2D eigenvalue weighted by molar-refractivity contribution is 6.39. The van der Waals surface area contributed by atoms with Gasteiger partial charge in [0.05, 0.1) is 17.1 Å². The number of ether oxygens (including phenoxy) is 1. The third-order valence-electron chi connectivity index (χ3n) is 4.60. The summed E-state index contributed by atoms with van der Waals surface area (Å²) in [7, 11) is 0. The van der Waals surface area contributed by atoms with Gasteiger partial charge in [-0.05, 0) is 45.6 Å². The number of nitrogens with one attached hydrogen (secondary N) is 1. The van der Waals surface area contributed by atoms with Gasteiger partial charge >= 0.3 is 5.97 Å². The van der Waals surface area contributed by atoms with Gasteiger partial charge in [-0.15, -0.1) is 0 Å². The Hall–Kier alpha value is -3.69. The van der Waals surface area contributed by atoms with Crippen molar-refractivity contribution >= 4 is 51.8 Å². The smallest absolute Gasteiger partial charge is 0.335 e. The minimum Gasteiger partial charge on any atom is -0.483 e. The summed E-state index contributed by atoms with van der Waals surface area (Å²) in [6.07, 6.45) is 0. The van der Waals surface area contributed by atoms with E-state index in [9.17, 15) is 14.7 Å². The van der Waals surface area contributed by atoms with Crippen LogP contribution in [-0.4, -0.2) is 44.2 Å². The van der Waals surface area contributed by atoms with Crippen molar-refractivity contribution in [3.63, 3.8) is 0 Å². The molecule has 4 aromatic rings. The van der Waals surface area contributed by atoms with Crippen LogP contribution < -0.4 is 9.64 Å². The van der Waals surface area contributed by atoms with Gasteiger partial charge in [-0.3, -0.25) is 9.69 Å². The quantitative estimate of drug-likeness (QED) is 0.418. The standard InChI is InChI=1S/C21H15Cl2N5O4/c22-15-7-13-6-14(20(30)31)8-17(19(13)16(23)9-15)32-11-18(29)28(21-24-26-27-25-21)10-12-4-2-1-3-5-12/h1-9H,10-11H2,(H,30,31)(H,24,25,26,27). The summed E-state index contributed by atoms with van der Waals surface area (Å²) >= 11 is 12.4. The molecule has 0 bridgehead atoms.